The minimum Gasteiger partial charge on any atom is -0.395 e. The van der Waals surface area contributed by atoms with Gasteiger partial charge in [0.1, 0.15) is 4.92 Å². The van der Waals surface area contributed by atoms with Crippen molar-refractivity contribution in [1.82, 2.24) is 5.32 Å². The zero-order valence-electron chi connectivity index (χ0n) is 7.90. The van der Waals surface area contributed by atoms with Gasteiger partial charge in [0.2, 0.25) is 0 Å². The molecule has 0 radical (unpaired) electrons. The van der Waals surface area contributed by atoms with Gasteiger partial charge in [0.15, 0.2) is 5.76 Å². The number of nitro groups is 1. The first-order valence-electron chi connectivity index (χ1n) is 4.15. The summed E-state index contributed by atoms with van der Waals surface area (Å²) in [5.41, 5.74) is 0. The van der Waals surface area contributed by atoms with Crippen LogP contribution in [0.15, 0.2) is 16.5 Å². The maximum atomic E-state index is 11.4. The number of halogens is 1. The molecule has 1 unspecified atom stereocenters. The standard InChI is InChI=1S/C8H9ClN2O4/c1-5(4-9)10-8(12)6-2-3-7(15-6)11(13)14/h2-3,5H,4H2,1H3,(H,10,12). The number of furan rings is 1. The Morgan fingerprint density at radius 2 is 2.40 bits per heavy atom. The molecule has 0 spiro atoms. The second-order valence-corrected chi connectivity index (χ2v) is 3.23. The van der Waals surface area contributed by atoms with Crippen LogP contribution in [-0.2, 0) is 0 Å². The first-order chi connectivity index (χ1) is 7.04. The van der Waals surface area contributed by atoms with E-state index in [0.29, 0.717) is 0 Å². The van der Waals surface area contributed by atoms with E-state index in [9.17, 15) is 14.9 Å². The highest BCUT2D eigenvalue weighted by Crippen LogP contribution is 2.15. The lowest BCUT2D eigenvalue weighted by molar-refractivity contribution is -0.402. The largest absolute Gasteiger partial charge is 0.433 e. The lowest BCUT2D eigenvalue weighted by atomic mass is 10.3. The summed E-state index contributed by atoms with van der Waals surface area (Å²) < 4.78 is 4.70. The summed E-state index contributed by atoms with van der Waals surface area (Å²) in [6.07, 6.45) is 0. The molecule has 6 nitrogen and oxygen atoms in total. The molecule has 0 aliphatic carbocycles. The molecular weight excluding hydrogens is 224 g/mol. The molecular formula is C8H9ClN2O4. The Morgan fingerprint density at radius 1 is 1.73 bits per heavy atom. The third-order valence-electron chi connectivity index (χ3n) is 1.60. The van der Waals surface area contributed by atoms with Crippen LogP contribution in [0.4, 0.5) is 5.88 Å². The molecule has 0 bridgehead atoms. The molecule has 0 aliphatic heterocycles. The number of hydrogen-bond acceptors (Lipinski definition) is 4. The van der Waals surface area contributed by atoms with Gasteiger partial charge in [-0.2, -0.15) is 0 Å². The second kappa shape index (κ2) is 4.79. The summed E-state index contributed by atoms with van der Waals surface area (Å²) in [7, 11) is 0. The molecule has 0 saturated carbocycles. The van der Waals surface area contributed by atoms with Crippen molar-refractivity contribution in [3.8, 4) is 0 Å². The molecule has 1 atom stereocenters. The van der Waals surface area contributed by atoms with Crippen LogP contribution < -0.4 is 5.32 Å². The fraction of sp³-hybridized carbons (Fsp3) is 0.375. The summed E-state index contributed by atoms with van der Waals surface area (Å²) in [4.78, 5) is 20.9. The quantitative estimate of drug-likeness (QED) is 0.485. The van der Waals surface area contributed by atoms with E-state index in [2.05, 4.69) is 5.32 Å². The average molecular weight is 233 g/mol. The Bertz CT molecular complexity index is 376. The number of alkyl halides is 1. The minimum atomic E-state index is -0.707. The minimum absolute atomic E-state index is 0.0985. The summed E-state index contributed by atoms with van der Waals surface area (Å²) in [6, 6.07) is 2.15. The summed E-state index contributed by atoms with van der Waals surface area (Å²) in [6.45, 7) is 1.71. The van der Waals surface area contributed by atoms with E-state index < -0.39 is 16.7 Å². The molecule has 1 rings (SSSR count). The van der Waals surface area contributed by atoms with Gasteiger partial charge >= 0.3 is 5.88 Å². The van der Waals surface area contributed by atoms with E-state index in [0.717, 1.165) is 6.07 Å². The van der Waals surface area contributed by atoms with Gasteiger partial charge in [-0.15, -0.1) is 11.6 Å². The highest BCUT2D eigenvalue weighted by molar-refractivity contribution is 6.18. The first-order valence-corrected chi connectivity index (χ1v) is 4.69. The van der Waals surface area contributed by atoms with Crippen LogP contribution >= 0.6 is 11.6 Å². The fourth-order valence-corrected chi connectivity index (χ4v) is 0.958. The molecule has 1 heterocycles. The molecule has 82 valence electrons. The smallest absolute Gasteiger partial charge is 0.395 e. The third kappa shape index (κ3) is 2.95. The van der Waals surface area contributed by atoms with Crippen LogP contribution in [-0.4, -0.2) is 22.8 Å². The molecule has 1 N–H and O–H groups in total. The Labute approximate surface area is 90.4 Å². The number of rotatable bonds is 4. The van der Waals surface area contributed by atoms with Gasteiger partial charge in [0, 0.05) is 11.9 Å². The van der Waals surface area contributed by atoms with Gasteiger partial charge in [0.05, 0.1) is 6.07 Å². The first kappa shape index (κ1) is 11.5. The van der Waals surface area contributed by atoms with Gasteiger partial charge in [-0.1, -0.05) is 0 Å². The summed E-state index contributed by atoms with van der Waals surface area (Å²) in [5.74, 6) is -0.817. The van der Waals surface area contributed by atoms with Crippen LogP contribution in [0.3, 0.4) is 0 Å². The number of carbonyl (C=O) groups excluding carboxylic acids is 1. The average Bonchev–Trinajstić information content (AvgIpc) is 2.66. The van der Waals surface area contributed by atoms with E-state index in [1.54, 1.807) is 6.92 Å². The Morgan fingerprint density at radius 3 is 2.87 bits per heavy atom. The Kier molecular flexibility index (Phi) is 3.68. The predicted molar refractivity (Wildman–Crippen MR) is 53.0 cm³/mol. The lowest BCUT2D eigenvalue weighted by Gasteiger charge is -2.07. The monoisotopic (exact) mass is 232 g/mol. The van der Waals surface area contributed by atoms with Crippen molar-refractivity contribution in [1.29, 1.82) is 0 Å². The SMILES string of the molecule is CC(CCl)NC(=O)c1ccc([N+](=O)[O-])o1. The van der Waals surface area contributed by atoms with Crippen molar-refractivity contribution in [2.24, 2.45) is 0 Å². The van der Waals surface area contributed by atoms with E-state index >= 15 is 0 Å². The number of amides is 1. The van der Waals surface area contributed by atoms with Crippen molar-refractivity contribution in [2.45, 2.75) is 13.0 Å². The van der Waals surface area contributed by atoms with Gasteiger partial charge in [-0.3, -0.25) is 14.9 Å². The highest BCUT2D eigenvalue weighted by Gasteiger charge is 2.18. The zero-order chi connectivity index (χ0) is 11.4. The number of hydrogen-bond donors (Lipinski definition) is 1. The molecule has 0 saturated heterocycles. The van der Waals surface area contributed by atoms with Crippen molar-refractivity contribution < 1.29 is 14.1 Å². The van der Waals surface area contributed by atoms with Crippen LogP contribution in [0.1, 0.15) is 17.5 Å². The molecule has 1 amide bonds. The second-order valence-electron chi connectivity index (χ2n) is 2.92. The maximum absolute atomic E-state index is 11.4. The number of carbonyl (C=O) groups is 1. The van der Waals surface area contributed by atoms with Crippen molar-refractivity contribution in [3.63, 3.8) is 0 Å². The van der Waals surface area contributed by atoms with Crippen molar-refractivity contribution >= 4 is 23.4 Å². The van der Waals surface area contributed by atoms with Crippen molar-refractivity contribution in [2.75, 3.05) is 5.88 Å². The highest BCUT2D eigenvalue weighted by atomic mass is 35.5. The Hall–Kier alpha value is -1.56. The number of nitrogens with zero attached hydrogens (tertiary/aromatic N) is 1. The molecule has 0 aliphatic rings. The number of nitrogens with one attached hydrogen (secondary N) is 1. The van der Waals surface area contributed by atoms with Crippen molar-refractivity contribution in [3.05, 3.63) is 28.0 Å². The maximum Gasteiger partial charge on any atom is 0.433 e. The lowest BCUT2D eigenvalue weighted by Crippen LogP contribution is -2.33. The molecule has 0 fully saturated rings. The van der Waals surface area contributed by atoms with E-state index in [-0.39, 0.29) is 17.7 Å². The Balaban J connectivity index is 2.70. The predicted octanol–water partition coefficient (Wildman–Crippen LogP) is 1.54. The summed E-state index contributed by atoms with van der Waals surface area (Å²) in [5, 5.41) is 12.8. The topological polar surface area (TPSA) is 85.4 Å². The molecule has 1 aromatic rings. The van der Waals surface area contributed by atoms with Gasteiger partial charge < -0.3 is 9.73 Å². The van der Waals surface area contributed by atoms with E-state index in [1.807, 2.05) is 0 Å². The van der Waals surface area contributed by atoms with Gasteiger partial charge in [-0.05, 0) is 13.0 Å². The van der Waals surface area contributed by atoms with Crippen LogP contribution in [0.25, 0.3) is 0 Å². The molecule has 0 aromatic carbocycles. The van der Waals surface area contributed by atoms with Gasteiger partial charge in [-0.25, -0.2) is 0 Å². The van der Waals surface area contributed by atoms with E-state index in [4.69, 9.17) is 16.0 Å². The van der Waals surface area contributed by atoms with Gasteiger partial charge in [0.25, 0.3) is 5.91 Å². The summed E-state index contributed by atoms with van der Waals surface area (Å²) >= 11 is 5.49. The molecule has 1 aromatic heterocycles. The third-order valence-corrected chi connectivity index (χ3v) is 2.07. The molecule has 7 heteroatoms. The molecule has 15 heavy (non-hydrogen) atoms. The van der Waals surface area contributed by atoms with Crippen LogP contribution in [0.5, 0.6) is 0 Å². The fourth-order valence-electron chi connectivity index (χ4n) is 0.881. The normalized spacial score (nSPS) is 12.1. The van der Waals surface area contributed by atoms with E-state index in [1.165, 1.54) is 6.07 Å². The zero-order valence-corrected chi connectivity index (χ0v) is 8.65. The van der Waals surface area contributed by atoms with Crippen LogP contribution in [0, 0.1) is 10.1 Å². The van der Waals surface area contributed by atoms with Crippen LogP contribution in [0.2, 0.25) is 0 Å².